The Morgan fingerprint density at radius 2 is 1.49 bits per heavy atom. The lowest BCUT2D eigenvalue weighted by Crippen LogP contribution is -2.44. The van der Waals surface area contributed by atoms with Gasteiger partial charge in [-0.3, -0.25) is 20.4 Å². The van der Waals surface area contributed by atoms with Crippen LogP contribution < -0.4 is 15.8 Å². The molecule has 0 radical (unpaired) electrons. The maximum atomic E-state index is 13.3. The van der Waals surface area contributed by atoms with E-state index in [-0.39, 0.29) is 11.6 Å². The summed E-state index contributed by atoms with van der Waals surface area (Å²) >= 11 is 1.41. The van der Waals surface area contributed by atoms with Gasteiger partial charge in [0, 0.05) is 17.6 Å². The summed E-state index contributed by atoms with van der Waals surface area (Å²) in [5, 5.41) is 2.46. The van der Waals surface area contributed by atoms with Crippen molar-refractivity contribution in [3.8, 4) is 11.1 Å². The number of rotatable bonds is 10. The number of aromatic nitrogens is 1. The van der Waals surface area contributed by atoms with Crippen molar-refractivity contribution in [1.82, 2.24) is 15.8 Å². The summed E-state index contributed by atoms with van der Waals surface area (Å²) in [5.74, 6) is -0.389. The van der Waals surface area contributed by atoms with Crippen molar-refractivity contribution in [3.05, 3.63) is 102 Å². The standard InChI is InChI=1S/C32H36N4O2S/c1-22(2)18-28(26-15-11-14-25(19-26)24-12-7-5-8-13-24)30(37)34-35-31(38)29-21-39-32(33-29)36(20-23(3)4)27-16-9-6-10-17-27/h5-17,19,21-23,28H,18,20H2,1-4H3,(H,34,37)(H,35,38). The number of hydrogen-bond acceptors (Lipinski definition) is 5. The third kappa shape index (κ3) is 7.54. The van der Waals surface area contributed by atoms with Gasteiger partial charge in [-0.25, -0.2) is 4.98 Å². The fourth-order valence-corrected chi connectivity index (χ4v) is 5.30. The van der Waals surface area contributed by atoms with E-state index in [1.165, 1.54) is 11.3 Å². The molecular weight excluding hydrogens is 504 g/mol. The molecule has 7 heteroatoms. The number of amides is 2. The quantitative estimate of drug-likeness (QED) is 0.209. The average molecular weight is 541 g/mol. The normalized spacial score (nSPS) is 11.8. The Morgan fingerprint density at radius 3 is 2.15 bits per heavy atom. The first kappa shape index (κ1) is 28.0. The highest BCUT2D eigenvalue weighted by atomic mass is 32.1. The molecule has 0 aliphatic rings. The number of hydrazine groups is 1. The predicted molar refractivity (Wildman–Crippen MR) is 160 cm³/mol. The van der Waals surface area contributed by atoms with E-state index in [4.69, 9.17) is 0 Å². The summed E-state index contributed by atoms with van der Waals surface area (Å²) in [6.45, 7) is 9.25. The van der Waals surface area contributed by atoms with Crippen LogP contribution in [0.1, 0.15) is 56.1 Å². The smallest absolute Gasteiger partial charge is 0.289 e. The Bertz CT molecular complexity index is 1370. The van der Waals surface area contributed by atoms with Gasteiger partial charge in [-0.1, -0.05) is 100 Å². The Kier molecular flexibility index (Phi) is 9.49. The maximum Gasteiger partial charge on any atom is 0.289 e. The van der Waals surface area contributed by atoms with Crippen LogP contribution in [0.25, 0.3) is 11.1 Å². The van der Waals surface area contributed by atoms with E-state index >= 15 is 0 Å². The van der Waals surface area contributed by atoms with Crippen LogP contribution in [0.4, 0.5) is 10.8 Å². The minimum absolute atomic E-state index is 0.247. The largest absolute Gasteiger partial charge is 0.318 e. The third-order valence-electron chi connectivity index (χ3n) is 6.29. The molecule has 0 aliphatic heterocycles. The van der Waals surface area contributed by atoms with Gasteiger partial charge >= 0.3 is 0 Å². The highest BCUT2D eigenvalue weighted by Crippen LogP contribution is 2.30. The molecule has 0 spiro atoms. The topological polar surface area (TPSA) is 74.3 Å². The Morgan fingerprint density at radius 1 is 0.821 bits per heavy atom. The van der Waals surface area contributed by atoms with Crippen molar-refractivity contribution in [2.45, 2.75) is 40.0 Å². The molecule has 2 N–H and O–H groups in total. The monoisotopic (exact) mass is 540 g/mol. The van der Waals surface area contributed by atoms with E-state index in [0.29, 0.717) is 18.3 Å². The molecule has 0 saturated carbocycles. The number of carbonyl (C=O) groups excluding carboxylic acids is 2. The highest BCUT2D eigenvalue weighted by Gasteiger charge is 2.24. The predicted octanol–water partition coefficient (Wildman–Crippen LogP) is 7.20. The van der Waals surface area contributed by atoms with Crippen molar-refractivity contribution in [1.29, 1.82) is 0 Å². The molecule has 0 saturated heterocycles. The first-order chi connectivity index (χ1) is 18.8. The number of hydrogen-bond donors (Lipinski definition) is 2. The number of benzene rings is 3. The molecule has 4 rings (SSSR count). The van der Waals surface area contributed by atoms with Crippen molar-refractivity contribution in [3.63, 3.8) is 0 Å². The highest BCUT2D eigenvalue weighted by molar-refractivity contribution is 7.14. The molecule has 0 aliphatic carbocycles. The summed E-state index contributed by atoms with van der Waals surface area (Å²) in [7, 11) is 0. The van der Waals surface area contributed by atoms with E-state index in [1.807, 2.05) is 66.7 Å². The Hall–Kier alpha value is -3.97. The molecule has 0 fully saturated rings. The van der Waals surface area contributed by atoms with E-state index in [9.17, 15) is 9.59 Å². The lowest BCUT2D eigenvalue weighted by molar-refractivity contribution is -0.123. The molecule has 1 aromatic heterocycles. The van der Waals surface area contributed by atoms with Gasteiger partial charge in [0.2, 0.25) is 5.91 Å². The fraction of sp³-hybridized carbons (Fsp3) is 0.281. The van der Waals surface area contributed by atoms with Crippen molar-refractivity contribution >= 4 is 34.0 Å². The van der Waals surface area contributed by atoms with Gasteiger partial charge in [0.05, 0.1) is 5.92 Å². The van der Waals surface area contributed by atoms with E-state index in [1.54, 1.807) is 5.38 Å². The molecule has 3 aromatic carbocycles. The van der Waals surface area contributed by atoms with Gasteiger partial charge in [0.1, 0.15) is 5.69 Å². The lowest BCUT2D eigenvalue weighted by Gasteiger charge is -2.23. The number of nitrogens with zero attached hydrogens (tertiary/aromatic N) is 2. The van der Waals surface area contributed by atoms with Crippen molar-refractivity contribution < 1.29 is 9.59 Å². The van der Waals surface area contributed by atoms with E-state index < -0.39 is 11.8 Å². The lowest BCUT2D eigenvalue weighted by atomic mass is 9.88. The van der Waals surface area contributed by atoms with Gasteiger partial charge in [0.25, 0.3) is 5.91 Å². The number of nitrogens with one attached hydrogen (secondary N) is 2. The number of thiazole rings is 1. The number of carbonyl (C=O) groups is 2. The van der Waals surface area contributed by atoms with Gasteiger partial charge < -0.3 is 4.90 Å². The van der Waals surface area contributed by atoms with Crippen LogP contribution in [0.15, 0.2) is 90.3 Å². The molecule has 202 valence electrons. The second-order valence-corrected chi connectivity index (χ2v) is 11.3. The fourth-order valence-electron chi connectivity index (χ4n) is 4.46. The first-order valence-electron chi connectivity index (χ1n) is 13.4. The summed E-state index contributed by atoms with van der Waals surface area (Å²) < 4.78 is 0. The first-order valence-corrected chi connectivity index (χ1v) is 14.2. The maximum absolute atomic E-state index is 13.3. The molecule has 1 atom stereocenters. The van der Waals surface area contributed by atoms with Gasteiger partial charge in [-0.2, -0.15) is 0 Å². The van der Waals surface area contributed by atoms with Gasteiger partial charge in [0.15, 0.2) is 5.13 Å². The van der Waals surface area contributed by atoms with Crippen LogP contribution in [-0.4, -0.2) is 23.3 Å². The number of anilines is 2. The van der Waals surface area contributed by atoms with E-state index in [0.717, 1.165) is 34.1 Å². The van der Waals surface area contributed by atoms with Crippen LogP contribution in [0.5, 0.6) is 0 Å². The summed E-state index contributed by atoms with van der Waals surface area (Å²) in [6, 6.07) is 28.2. The molecule has 1 unspecified atom stereocenters. The minimum atomic E-state index is -0.440. The van der Waals surface area contributed by atoms with E-state index in [2.05, 4.69) is 66.6 Å². The molecule has 4 aromatic rings. The van der Waals surface area contributed by atoms with Crippen LogP contribution in [-0.2, 0) is 4.79 Å². The van der Waals surface area contributed by atoms with Gasteiger partial charge in [-0.05, 0) is 47.1 Å². The summed E-state index contributed by atoms with van der Waals surface area (Å²) in [5.41, 5.74) is 9.61. The van der Waals surface area contributed by atoms with Crippen molar-refractivity contribution in [2.75, 3.05) is 11.4 Å². The van der Waals surface area contributed by atoms with Gasteiger partial charge in [-0.15, -0.1) is 11.3 Å². The Labute approximate surface area is 235 Å². The third-order valence-corrected chi connectivity index (χ3v) is 7.15. The Balaban J connectivity index is 1.47. The van der Waals surface area contributed by atoms with Crippen LogP contribution in [0.3, 0.4) is 0 Å². The molecule has 39 heavy (non-hydrogen) atoms. The zero-order chi connectivity index (χ0) is 27.8. The molecular formula is C32H36N4O2S. The minimum Gasteiger partial charge on any atom is -0.318 e. The molecule has 6 nitrogen and oxygen atoms in total. The summed E-state index contributed by atoms with van der Waals surface area (Å²) in [4.78, 5) is 33.0. The SMILES string of the molecule is CC(C)CC(C(=O)NNC(=O)c1csc(N(CC(C)C)c2ccccc2)n1)c1cccc(-c2ccccc2)c1. The number of para-hydroxylation sites is 1. The van der Waals surface area contributed by atoms with Crippen LogP contribution >= 0.6 is 11.3 Å². The molecule has 0 bridgehead atoms. The zero-order valence-electron chi connectivity index (χ0n) is 22.9. The zero-order valence-corrected chi connectivity index (χ0v) is 23.7. The second-order valence-electron chi connectivity index (χ2n) is 10.5. The molecule has 1 heterocycles. The molecule has 2 amide bonds. The van der Waals surface area contributed by atoms with Crippen LogP contribution in [0.2, 0.25) is 0 Å². The average Bonchev–Trinajstić information content (AvgIpc) is 3.44. The summed E-state index contributed by atoms with van der Waals surface area (Å²) in [6.07, 6.45) is 0.655. The second kappa shape index (κ2) is 13.2. The van der Waals surface area contributed by atoms with Crippen LogP contribution in [0, 0.1) is 11.8 Å². The van der Waals surface area contributed by atoms with Crippen molar-refractivity contribution in [2.24, 2.45) is 11.8 Å².